The average Bonchev–Trinajstić information content (AvgIpc) is 2.20. The Labute approximate surface area is 96.5 Å². The zero-order valence-electron chi connectivity index (χ0n) is 9.33. The van der Waals surface area contributed by atoms with Crippen LogP contribution in [0.5, 0.6) is 0 Å². The van der Waals surface area contributed by atoms with E-state index in [0.29, 0.717) is 5.02 Å². The Kier molecular flexibility index (Phi) is 5.43. The zero-order chi connectivity index (χ0) is 11.1. The molecule has 0 fully saturated rings. The molecule has 0 unspecified atom stereocenters. The Morgan fingerprint density at radius 3 is 2.87 bits per heavy atom. The van der Waals surface area contributed by atoms with Crippen molar-refractivity contribution in [3.8, 4) is 0 Å². The number of pyridine rings is 1. The summed E-state index contributed by atoms with van der Waals surface area (Å²) < 4.78 is 0. The third kappa shape index (κ3) is 5.00. The van der Waals surface area contributed by atoms with Gasteiger partial charge in [0.2, 0.25) is 0 Å². The molecule has 0 saturated heterocycles. The first-order chi connectivity index (χ1) is 7.20. The fraction of sp³-hybridized carbons (Fsp3) is 0.545. The molecule has 4 heteroatoms. The predicted molar refractivity (Wildman–Crippen MR) is 65.5 cm³/mol. The Hall–Kier alpha value is -0.800. The molecule has 0 aliphatic rings. The first-order valence-electron chi connectivity index (χ1n) is 5.18. The van der Waals surface area contributed by atoms with Crippen LogP contribution in [0.2, 0.25) is 5.02 Å². The van der Waals surface area contributed by atoms with Crippen LogP contribution in [0.3, 0.4) is 0 Å². The Morgan fingerprint density at radius 2 is 2.20 bits per heavy atom. The summed E-state index contributed by atoms with van der Waals surface area (Å²) in [6.45, 7) is 2.09. The van der Waals surface area contributed by atoms with Crippen molar-refractivity contribution in [1.29, 1.82) is 0 Å². The van der Waals surface area contributed by atoms with Crippen LogP contribution in [0.25, 0.3) is 0 Å². The SMILES string of the molecule is CN(C)CCCCNc1ccncc1Cl. The van der Waals surface area contributed by atoms with Gasteiger partial charge in [-0.1, -0.05) is 11.6 Å². The van der Waals surface area contributed by atoms with Crippen molar-refractivity contribution in [3.05, 3.63) is 23.5 Å². The molecule has 0 atom stereocenters. The van der Waals surface area contributed by atoms with E-state index in [1.54, 1.807) is 12.4 Å². The van der Waals surface area contributed by atoms with E-state index in [1.807, 2.05) is 6.07 Å². The van der Waals surface area contributed by atoms with Gasteiger partial charge in [0.25, 0.3) is 0 Å². The van der Waals surface area contributed by atoms with E-state index in [9.17, 15) is 0 Å². The van der Waals surface area contributed by atoms with E-state index in [2.05, 4.69) is 29.3 Å². The van der Waals surface area contributed by atoms with E-state index in [-0.39, 0.29) is 0 Å². The Balaban J connectivity index is 2.18. The number of rotatable bonds is 6. The molecule has 0 saturated carbocycles. The van der Waals surface area contributed by atoms with Gasteiger partial charge in [0.1, 0.15) is 0 Å². The second kappa shape index (κ2) is 6.64. The molecule has 15 heavy (non-hydrogen) atoms. The second-order valence-electron chi connectivity index (χ2n) is 3.79. The standard InChI is InChI=1S/C11H18ClN3/c1-15(2)8-4-3-6-14-11-5-7-13-9-10(11)12/h5,7,9H,3-4,6,8H2,1-2H3,(H,13,14). The summed E-state index contributed by atoms with van der Waals surface area (Å²) in [5, 5.41) is 3.98. The molecule has 0 radical (unpaired) electrons. The monoisotopic (exact) mass is 227 g/mol. The maximum Gasteiger partial charge on any atom is 0.0820 e. The van der Waals surface area contributed by atoms with Crippen molar-refractivity contribution in [1.82, 2.24) is 9.88 Å². The Bertz CT molecular complexity index is 289. The average molecular weight is 228 g/mol. The lowest BCUT2D eigenvalue weighted by atomic mass is 10.3. The van der Waals surface area contributed by atoms with Gasteiger partial charge in [0.15, 0.2) is 0 Å². The van der Waals surface area contributed by atoms with Crippen LogP contribution in [-0.4, -0.2) is 37.1 Å². The molecule has 1 aromatic heterocycles. The van der Waals surface area contributed by atoms with Gasteiger partial charge in [-0.25, -0.2) is 0 Å². The zero-order valence-corrected chi connectivity index (χ0v) is 10.1. The van der Waals surface area contributed by atoms with Crippen molar-refractivity contribution in [3.63, 3.8) is 0 Å². The highest BCUT2D eigenvalue weighted by Crippen LogP contribution is 2.18. The summed E-state index contributed by atoms with van der Waals surface area (Å²) >= 11 is 5.95. The maximum atomic E-state index is 5.95. The molecule has 0 bridgehead atoms. The van der Waals surface area contributed by atoms with Crippen LogP contribution >= 0.6 is 11.6 Å². The molecular weight excluding hydrogens is 210 g/mol. The van der Waals surface area contributed by atoms with Crippen molar-refractivity contribution in [2.24, 2.45) is 0 Å². The molecule has 3 nitrogen and oxygen atoms in total. The predicted octanol–water partition coefficient (Wildman–Crippen LogP) is 2.49. The molecule has 1 aromatic rings. The molecule has 84 valence electrons. The van der Waals surface area contributed by atoms with E-state index < -0.39 is 0 Å². The molecule has 0 spiro atoms. The topological polar surface area (TPSA) is 28.2 Å². The minimum absolute atomic E-state index is 0.685. The largest absolute Gasteiger partial charge is 0.384 e. The summed E-state index contributed by atoms with van der Waals surface area (Å²) in [4.78, 5) is 6.13. The van der Waals surface area contributed by atoms with Crippen LogP contribution in [0, 0.1) is 0 Å². The molecule has 1 rings (SSSR count). The summed E-state index contributed by atoms with van der Waals surface area (Å²) in [5.41, 5.74) is 0.969. The lowest BCUT2D eigenvalue weighted by molar-refractivity contribution is 0.396. The summed E-state index contributed by atoms with van der Waals surface area (Å²) in [5.74, 6) is 0. The molecule has 0 aromatic carbocycles. The number of nitrogens with one attached hydrogen (secondary N) is 1. The fourth-order valence-electron chi connectivity index (χ4n) is 1.29. The number of hydrogen-bond acceptors (Lipinski definition) is 3. The number of nitrogens with zero attached hydrogens (tertiary/aromatic N) is 2. The highest BCUT2D eigenvalue weighted by atomic mass is 35.5. The van der Waals surface area contributed by atoms with Gasteiger partial charge >= 0.3 is 0 Å². The van der Waals surface area contributed by atoms with E-state index in [1.165, 1.54) is 6.42 Å². The number of aromatic nitrogens is 1. The number of unbranched alkanes of at least 4 members (excludes halogenated alkanes) is 1. The lowest BCUT2D eigenvalue weighted by Gasteiger charge is -2.10. The molecular formula is C11H18ClN3. The summed E-state index contributed by atoms with van der Waals surface area (Å²) in [6, 6.07) is 1.90. The first-order valence-corrected chi connectivity index (χ1v) is 5.56. The number of anilines is 1. The van der Waals surface area contributed by atoms with Gasteiger partial charge in [-0.3, -0.25) is 4.98 Å². The van der Waals surface area contributed by atoms with E-state index in [0.717, 1.165) is 25.2 Å². The highest BCUT2D eigenvalue weighted by Gasteiger charge is 1.97. The molecule has 0 aliphatic heterocycles. The Morgan fingerprint density at radius 1 is 1.40 bits per heavy atom. The van der Waals surface area contributed by atoms with E-state index in [4.69, 9.17) is 11.6 Å². The van der Waals surface area contributed by atoms with Gasteiger partial charge < -0.3 is 10.2 Å². The van der Waals surface area contributed by atoms with Crippen LogP contribution in [0.4, 0.5) is 5.69 Å². The summed E-state index contributed by atoms with van der Waals surface area (Å²) in [7, 11) is 4.18. The highest BCUT2D eigenvalue weighted by molar-refractivity contribution is 6.33. The van der Waals surface area contributed by atoms with Crippen molar-refractivity contribution < 1.29 is 0 Å². The van der Waals surface area contributed by atoms with Crippen molar-refractivity contribution in [2.45, 2.75) is 12.8 Å². The minimum atomic E-state index is 0.685. The second-order valence-corrected chi connectivity index (χ2v) is 4.20. The maximum absolute atomic E-state index is 5.95. The molecule has 0 amide bonds. The quantitative estimate of drug-likeness (QED) is 0.757. The van der Waals surface area contributed by atoms with E-state index >= 15 is 0 Å². The third-order valence-electron chi connectivity index (χ3n) is 2.12. The lowest BCUT2D eigenvalue weighted by Crippen LogP contribution is -2.14. The van der Waals surface area contributed by atoms with Crippen molar-refractivity contribution >= 4 is 17.3 Å². The fourth-order valence-corrected chi connectivity index (χ4v) is 1.48. The minimum Gasteiger partial charge on any atom is -0.384 e. The van der Waals surface area contributed by atoms with Gasteiger partial charge in [-0.2, -0.15) is 0 Å². The van der Waals surface area contributed by atoms with Crippen LogP contribution in [0.15, 0.2) is 18.5 Å². The van der Waals surface area contributed by atoms with Gasteiger partial charge in [0, 0.05) is 18.9 Å². The summed E-state index contributed by atoms with van der Waals surface area (Å²) in [6.07, 6.45) is 5.75. The third-order valence-corrected chi connectivity index (χ3v) is 2.42. The van der Waals surface area contributed by atoms with Crippen LogP contribution in [-0.2, 0) is 0 Å². The van der Waals surface area contributed by atoms with Gasteiger partial charge in [-0.05, 0) is 39.5 Å². The van der Waals surface area contributed by atoms with Crippen LogP contribution in [0.1, 0.15) is 12.8 Å². The number of hydrogen-bond donors (Lipinski definition) is 1. The molecule has 0 aliphatic carbocycles. The molecule has 1 heterocycles. The normalized spacial score (nSPS) is 10.7. The smallest absolute Gasteiger partial charge is 0.0820 e. The molecule has 1 N–H and O–H groups in total. The van der Waals surface area contributed by atoms with Crippen molar-refractivity contribution in [2.75, 3.05) is 32.5 Å². The van der Waals surface area contributed by atoms with Gasteiger partial charge in [0.05, 0.1) is 10.7 Å². The first kappa shape index (κ1) is 12.3. The van der Waals surface area contributed by atoms with Gasteiger partial charge in [-0.15, -0.1) is 0 Å². The van der Waals surface area contributed by atoms with Crippen LogP contribution < -0.4 is 5.32 Å². The number of halogens is 1.